The largest absolute Gasteiger partial charge is 0.387 e. The molecule has 0 aliphatic rings. The van der Waals surface area contributed by atoms with Crippen LogP contribution < -0.4 is 21.3 Å². The van der Waals surface area contributed by atoms with Gasteiger partial charge < -0.3 is 21.3 Å². The number of aromatic nitrogens is 1. The topological polar surface area (TPSA) is 112 Å². The maximum atomic E-state index is 12.7. The van der Waals surface area contributed by atoms with E-state index in [1.165, 1.54) is 0 Å². The van der Waals surface area contributed by atoms with Gasteiger partial charge in [0.25, 0.3) is 5.91 Å². The predicted octanol–water partition coefficient (Wildman–Crippen LogP) is 2.26. The van der Waals surface area contributed by atoms with Gasteiger partial charge in [-0.25, -0.2) is 4.98 Å². The summed E-state index contributed by atoms with van der Waals surface area (Å²) in [6, 6.07) is 11.6. The molecule has 0 radical (unpaired) electrons. The number of rotatable bonds is 8. The zero-order chi connectivity index (χ0) is 23.0. The van der Waals surface area contributed by atoms with Crippen molar-refractivity contribution >= 4 is 23.4 Å². The van der Waals surface area contributed by atoms with E-state index in [-0.39, 0.29) is 30.0 Å². The molecular formula is C23H31N5O3. The molecule has 0 aliphatic heterocycles. The minimum Gasteiger partial charge on any atom is -0.387 e. The summed E-state index contributed by atoms with van der Waals surface area (Å²) in [6.07, 6.45) is 1.58. The normalized spacial score (nSPS) is 12.9. The van der Waals surface area contributed by atoms with Crippen LogP contribution in [-0.4, -0.2) is 42.3 Å². The van der Waals surface area contributed by atoms with Gasteiger partial charge in [-0.3, -0.25) is 14.4 Å². The molecule has 2 atom stereocenters. The van der Waals surface area contributed by atoms with Crippen molar-refractivity contribution in [3.05, 3.63) is 59.9 Å². The average Bonchev–Trinajstić information content (AvgIpc) is 2.76. The van der Waals surface area contributed by atoms with Gasteiger partial charge in [0.1, 0.15) is 11.7 Å². The molecule has 1 aromatic heterocycles. The summed E-state index contributed by atoms with van der Waals surface area (Å²) in [5.41, 5.74) is 1.33. The van der Waals surface area contributed by atoms with Crippen LogP contribution in [0, 0.1) is 5.41 Å². The number of nitrogens with zero attached hydrogens (tertiary/aromatic N) is 1. The molecule has 8 nitrogen and oxygen atoms in total. The van der Waals surface area contributed by atoms with E-state index < -0.39 is 17.5 Å². The summed E-state index contributed by atoms with van der Waals surface area (Å²) in [4.78, 5) is 41.5. The number of anilines is 1. The molecule has 0 saturated heterocycles. The zero-order valence-corrected chi connectivity index (χ0v) is 18.7. The lowest BCUT2D eigenvalue weighted by Crippen LogP contribution is -2.49. The van der Waals surface area contributed by atoms with Gasteiger partial charge in [0.05, 0.1) is 17.9 Å². The molecule has 2 unspecified atom stereocenters. The number of hydrogen-bond donors (Lipinski definition) is 4. The summed E-state index contributed by atoms with van der Waals surface area (Å²) in [5, 5.41) is 11.4. The van der Waals surface area contributed by atoms with Crippen molar-refractivity contribution in [3.63, 3.8) is 0 Å². The highest BCUT2D eigenvalue weighted by atomic mass is 16.2. The summed E-state index contributed by atoms with van der Waals surface area (Å²) in [7, 11) is 1.77. The highest BCUT2D eigenvalue weighted by molar-refractivity contribution is 5.93. The van der Waals surface area contributed by atoms with Crippen molar-refractivity contribution in [3.8, 4) is 0 Å². The molecule has 3 amide bonds. The van der Waals surface area contributed by atoms with Gasteiger partial charge in [0.2, 0.25) is 11.8 Å². The molecule has 2 rings (SSSR count). The fraction of sp³-hybridized carbons (Fsp3) is 0.391. The molecule has 2 aromatic rings. The SMILES string of the molecule is CNc1ccc(C(=O)NC(CNC(=O)C(C)NC(=O)C(C)(C)C)c2ccccc2)nc1. The van der Waals surface area contributed by atoms with Gasteiger partial charge in [-0.2, -0.15) is 0 Å². The van der Waals surface area contributed by atoms with E-state index in [1.807, 2.05) is 30.3 Å². The highest BCUT2D eigenvalue weighted by Gasteiger charge is 2.25. The zero-order valence-electron chi connectivity index (χ0n) is 18.7. The van der Waals surface area contributed by atoms with Crippen molar-refractivity contribution in [2.24, 2.45) is 5.41 Å². The standard InChI is InChI=1S/C23H31N5O3/c1-15(27-22(31)23(2,3)4)20(29)26-14-19(16-9-7-6-8-10-16)28-21(30)18-12-11-17(24-5)13-25-18/h6-13,15,19,24H,14H2,1-5H3,(H,26,29)(H,27,31)(H,28,30). The van der Waals surface area contributed by atoms with E-state index in [4.69, 9.17) is 0 Å². The Morgan fingerprint density at radius 3 is 2.23 bits per heavy atom. The lowest BCUT2D eigenvalue weighted by molar-refractivity contribution is -0.133. The molecule has 0 saturated carbocycles. The third-order valence-corrected chi connectivity index (χ3v) is 4.69. The minimum atomic E-state index is -0.699. The number of nitrogens with one attached hydrogen (secondary N) is 4. The van der Waals surface area contributed by atoms with Crippen molar-refractivity contribution in [2.45, 2.75) is 39.8 Å². The smallest absolute Gasteiger partial charge is 0.270 e. The van der Waals surface area contributed by atoms with Gasteiger partial charge in [0, 0.05) is 19.0 Å². The first-order valence-electron chi connectivity index (χ1n) is 10.2. The number of amides is 3. The van der Waals surface area contributed by atoms with Crippen LogP contribution in [-0.2, 0) is 9.59 Å². The van der Waals surface area contributed by atoms with E-state index in [0.717, 1.165) is 11.3 Å². The van der Waals surface area contributed by atoms with Crippen LogP contribution in [0.25, 0.3) is 0 Å². The minimum absolute atomic E-state index is 0.166. The van der Waals surface area contributed by atoms with Gasteiger partial charge >= 0.3 is 0 Å². The quantitative estimate of drug-likeness (QED) is 0.518. The lowest BCUT2D eigenvalue weighted by Gasteiger charge is -2.23. The first-order valence-corrected chi connectivity index (χ1v) is 10.2. The number of pyridine rings is 1. The molecule has 8 heteroatoms. The number of carbonyl (C=O) groups is 3. The van der Waals surface area contributed by atoms with E-state index in [2.05, 4.69) is 26.3 Å². The summed E-state index contributed by atoms with van der Waals surface area (Å²) >= 11 is 0. The molecule has 1 aromatic carbocycles. The van der Waals surface area contributed by atoms with E-state index in [1.54, 1.807) is 53.1 Å². The van der Waals surface area contributed by atoms with Gasteiger partial charge in [-0.05, 0) is 24.6 Å². The monoisotopic (exact) mass is 425 g/mol. The second kappa shape index (κ2) is 10.6. The van der Waals surface area contributed by atoms with Crippen molar-refractivity contribution < 1.29 is 14.4 Å². The van der Waals surface area contributed by atoms with Gasteiger partial charge in [-0.15, -0.1) is 0 Å². The fourth-order valence-corrected chi connectivity index (χ4v) is 2.68. The molecular weight excluding hydrogens is 394 g/mol. The Morgan fingerprint density at radius 1 is 1.00 bits per heavy atom. The Bertz CT molecular complexity index is 892. The van der Waals surface area contributed by atoms with Crippen LogP contribution in [0.5, 0.6) is 0 Å². The number of benzene rings is 1. The molecule has 31 heavy (non-hydrogen) atoms. The van der Waals surface area contributed by atoms with Crippen LogP contribution >= 0.6 is 0 Å². The second-order valence-electron chi connectivity index (χ2n) is 8.31. The van der Waals surface area contributed by atoms with Crippen LogP contribution in [0.2, 0.25) is 0 Å². The third-order valence-electron chi connectivity index (χ3n) is 4.69. The van der Waals surface area contributed by atoms with Crippen LogP contribution in [0.15, 0.2) is 48.7 Å². The van der Waals surface area contributed by atoms with E-state index in [0.29, 0.717) is 0 Å². The molecule has 0 fully saturated rings. The molecule has 0 spiro atoms. The Kier molecular flexibility index (Phi) is 8.13. The number of carbonyl (C=O) groups excluding carboxylic acids is 3. The van der Waals surface area contributed by atoms with Crippen LogP contribution in [0.4, 0.5) is 5.69 Å². The highest BCUT2D eigenvalue weighted by Crippen LogP contribution is 2.14. The van der Waals surface area contributed by atoms with Crippen molar-refractivity contribution in [1.82, 2.24) is 20.9 Å². The first-order chi connectivity index (χ1) is 14.6. The lowest BCUT2D eigenvalue weighted by atomic mass is 9.95. The second-order valence-corrected chi connectivity index (χ2v) is 8.31. The Hall–Kier alpha value is -3.42. The Balaban J connectivity index is 2.06. The van der Waals surface area contributed by atoms with Gasteiger partial charge in [-0.1, -0.05) is 51.1 Å². The maximum Gasteiger partial charge on any atom is 0.270 e. The van der Waals surface area contributed by atoms with E-state index >= 15 is 0 Å². The van der Waals surface area contributed by atoms with Crippen LogP contribution in [0.1, 0.15) is 49.8 Å². The Morgan fingerprint density at radius 2 is 1.68 bits per heavy atom. The van der Waals surface area contributed by atoms with Crippen LogP contribution in [0.3, 0.4) is 0 Å². The fourth-order valence-electron chi connectivity index (χ4n) is 2.68. The molecule has 166 valence electrons. The average molecular weight is 426 g/mol. The predicted molar refractivity (Wildman–Crippen MR) is 121 cm³/mol. The van der Waals surface area contributed by atoms with Gasteiger partial charge in [0.15, 0.2) is 0 Å². The molecule has 0 bridgehead atoms. The first kappa shape index (κ1) is 23.9. The Labute approximate surface area is 183 Å². The molecule has 0 aliphatic carbocycles. The van der Waals surface area contributed by atoms with Crippen molar-refractivity contribution in [1.29, 1.82) is 0 Å². The molecule has 4 N–H and O–H groups in total. The molecule has 1 heterocycles. The third kappa shape index (κ3) is 7.09. The summed E-state index contributed by atoms with van der Waals surface area (Å²) in [6.45, 7) is 7.14. The van der Waals surface area contributed by atoms with E-state index in [9.17, 15) is 14.4 Å². The van der Waals surface area contributed by atoms with Crippen molar-refractivity contribution in [2.75, 3.05) is 18.9 Å². The summed E-state index contributed by atoms with van der Waals surface area (Å²) < 4.78 is 0. The maximum absolute atomic E-state index is 12.7. The number of hydrogen-bond acceptors (Lipinski definition) is 5. The summed E-state index contributed by atoms with van der Waals surface area (Å²) in [5.74, 6) is -0.886.